The maximum atomic E-state index is 12.0. The number of rotatable bonds is 1. The smallest absolute Gasteiger partial charge is 0.339 e. The Bertz CT molecular complexity index is 796. The predicted molar refractivity (Wildman–Crippen MR) is 72.3 cm³/mol. The monoisotopic (exact) mass is 253 g/mol. The van der Waals surface area contributed by atoms with Crippen LogP contribution in [0.2, 0.25) is 0 Å². The van der Waals surface area contributed by atoms with E-state index in [0.717, 1.165) is 5.39 Å². The first-order chi connectivity index (χ1) is 9.20. The first kappa shape index (κ1) is 11.5. The molecule has 2 aromatic carbocycles. The molecule has 0 fully saturated rings. The highest BCUT2D eigenvalue weighted by molar-refractivity contribution is 6.14. The number of ether oxygens (including phenoxy) is 1. The summed E-state index contributed by atoms with van der Waals surface area (Å²) < 4.78 is 4.85. The first-order valence-electron chi connectivity index (χ1n) is 5.80. The number of hydrogen-bond acceptors (Lipinski definition) is 4. The molecule has 0 amide bonds. The van der Waals surface area contributed by atoms with E-state index in [1.807, 2.05) is 24.3 Å². The van der Waals surface area contributed by atoms with Crippen LogP contribution in [-0.4, -0.2) is 23.2 Å². The number of nitrogens with zero attached hydrogens (tertiary/aromatic N) is 1. The average Bonchev–Trinajstić information content (AvgIpc) is 2.43. The average molecular weight is 253 g/mol. The summed E-state index contributed by atoms with van der Waals surface area (Å²) in [6.45, 7) is 0. The van der Waals surface area contributed by atoms with Gasteiger partial charge in [0.25, 0.3) is 0 Å². The predicted octanol–water partition coefficient (Wildman–Crippen LogP) is 2.88. The Morgan fingerprint density at radius 1 is 1.11 bits per heavy atom. The van der Waals surface area contributed by atoms with Crippen molar-refractivity contribution in [2.24, 2.45) is 0 Å². The van der Waals surface area contributed by atoms with Crippen molar-refractivity contribution < 1.29 is 14.6 Å². The van der Waals surface area contributed by atoms with E-state index in [9.17, 15) is 9.90 Å². The van der Waals surface area contributed by atoms with Gasteiger partial charge in [0, 0.05) is 16.8 Å². The minimum absolute atomic E-state index is 0.117. The van der Waals surface area contributed by atoms with Gasteiger partial charge < -0.3 is 9.84 Å². The normalized spacial score (nSPS) is 10.8. The van der Waals surface area contributed by atoms with Crippen LogP contribution in [0, 0.1) is 0 Å². The molecule has 1 heterocycles. The van der Waals surface area contributed by atoms with Gasteiger partial charge in [-0.3, -0.25) is 0 Å². The molecule has 0 unspecified atom stereocenters. The Hall–Kier alpha value is -2.62. The molecule has 4 nitrogen and oxygen atoms in total. The zero-order chi connectivity index (χ0) is 13.4. The minimum Gasteiger partial charge on any atom is -0.508 e. The van der Waals surface area contributed by atoms with Crippen molar-refractivity contribution in [1.82, 2.24) is 4.98 Å². The van der Waals surface area contributed by atoms with E-state index in [1.165, 1.54) is 19.2 Å². The number of aromatic nitrogens is 1. The fourth-order valence-electron chi connectivity index (χ4n) is 2.20. The van der Waals surface area contributed by atoms with E-state index in [1.54, 1.807) is 6.07 Å². The molecule has 0 saturated heterocycles. The number of benzene rings is 2. The SMILES string of the molecule is COC(=O)c1c2ccccc2nc2cc(O)ccc12. The van der Waals surface area contributed by atoms with Crippen LogP contribution in [0.15, 0.2) is 42.5 Å². The van der Waals surface area contributed by atoms with E-state index >= 15 is 0 Å². The maximum absolute atomic E-state index is 12.0. The van der Waals surface area contributed by atoms with Crippen molar-refractivity contribution >= 4 is 27.8 Å². The molecule has 0 radical (unpaired) electrons. The number of carbonyl (C=O) groups excluding carboxylic acids is 1. The van der Waals surface area contributed by atoms with Gasteiger partial charge in [-0.25, -0.2) is 9.78 Å². The molecular weight excluding hydrogens is 242 g/mol. The second-order valence-electron chi connectivity index (χ2n) is 4.20. The van der Waals surface area contributed by atoms with Gasteiger partial charge in [0.1, 0.15) is 5.75 Å². The van der Waals surface area contributed by atoms with Crippen LogP contribution in [0.25, 0.3) is 21.8 Å². The van der Waals surface area contributed by atoms with Crippen molar-refractivity contribution in [3.8, 4) is 5.75 Å². The molecule has 0 aliphatic rings. The summed E-state index contributed by atoms with van der Waals surface area (Å²) in [5.41, 5.74) is 1.74. The molecule has 3 rings (SSSR count). The fraction of sp³-hybridized carbons (Fsp3) is 0.0667. The van der Waals surface area contributed by atoms with E-state index < -0.39 is 5.97 Å². The lowest BCUT2D eigenvalue weighted by Gasteiger charge is -2.09. The molecule has 1 N–H and O–H groups in total. The van der Waals surface area contributed by atoms with Crippen LogP contribution in [0.5, 0.6) is 5.75 Å². The van der Waals surface area contributed by atoms with Gasteiger partial charge in [-0.2, -0.15) is 0 Å². The Labute approximate surface area is 109 Å². The molecule has 94 valence electrons. The van der Waals surface area contributed by atoms with Gasteiger partial charge in [-0.1, -0.05) is 18.2 Å². The summed E-state index contributed by atoms with van der Waals surface area (Å²) in [5.74, 6) is -0.291. The molecule has 0 atom stereocenters. The summed E-state index contributed by atoms with van der Waals surface area (Å²) in [4.78, 5) is 16.5. The molecule has 19 heavy (non-hydrogen) atoms. The van der Waals surface area contributed by atoms with Crippen LogP contribution in [0.1, 0.15) is 10.4 Å². The Morgan fingerprint density at radius 3 is 2.63 bits per heavy atom. The minimum atomic E-state index is -0.408. The zero-order valence-corrected chi connectivity index (χ0v) is 10.3. The molecule has 0 spiro atoms. The highest BCUT2D eigenvalue weighted by Gasteiger charge is 2.16. The summed E-state index contributed by atoms with van der Waals surface area (Å²) in [6.07, 6.45) is 0. The third-order valence-corrected chi connectivity index (χ3v) is 3.05. The van der Waals surface area contributed by atoms with Crippen molar-refractivity contribution in [3.63, 3.8) is 0 Å². The highest BCUT2D eigenvalue weighted by atomic mass is 16.5. The number of phenolic OH excluding ortho intramolecular Hbond substituents is 1. The molecule has 1 aromatic heterocycles. The van der Waals surface area contributed by atoms with Crippen LogP contribution in [-0.2, 0) is 4.74 Å². The van der Waals surface area contributed by atoms with Gasteiger partial charge in [-0.05, 0) is 18.2 Å². The number of carbonyl (C=O) groups is 1. The molecule has 0 saturated carbocycles. The molecule has 0 bridgehead atoms. The standard InChI is InChI=1S/C15H11NO3/c1-19-15(18)14-10-4-2-3-5-12(10)16-13-8-9(17)6-7-11(13)14/h2-8,17H,1H3. The summed E-state index contributed by atoms with van der Waals surface area (Å²) in [6, 6.07) is 12.1. The lowest BCUT2D eigenvalue weighted by molar-refractivity contribution is 0.0605. The number of phenols is 1. The van der Waals surface area contributed by atoms with Crippen LogP contribution >= 0.6 is 0 Å². The quantitative estimate of drug-likeness (QED) is 0.535. The molecular formula is C15H11NO3. The number of aromatic hydroxyl groups is 1. The number of pyridine rings is 1. The molecule has 0 aliphatic carbocycles. The summed E-state index contributed by atoms with van der Waals surface area (Å²) in [5, 5.41) is 10.9. The Balaban J connectivity index is 2.52. The lowest BCUT2D eigenvalue weighted by Crippen LogP contribution is -2.04. The second-order valence-corrected chi connectivity index (χ2v) is 4.20. The van der Waals surface area contributed by atoms with E-state index in [-0.39, 0.29) is 5.75 Å². The fourth-order valence-corrected chi connectivity index (χ4v) is 2.20. The molecule has 4 heteroatoms. The van der Waals surface area contributed by atoms with Crippen LogP contribution in [0.4, 0.5) is 0 Å². The van der Waals surface area contributed by atoms with Crippen LogP contribution in [0.3, 0.4) is 0 Å². The lowest BCUT2D eigenvalue weighted by atomic mass is 10.0. The highest BCUT2D eigenvalue weighted by Crippen LogP contribution is 2.28. The third kappa shape index (κ3) is 1.78. The molecule has 3 aromatic rings. The number of esters is 1. The third-order valence-electron chi connectivity index (χ3n) is 3.05. The first-order valence-corrected chi connectivity index (χ1v) is 5.80. The van der Waals surface area contributed by atoms with Gasteiger partial charge in [0.2, 0.25) is 0 Å². The Kier molecular flexibility index (Phi) is 2.56. The Morgan fingerprint density at radius 2 is 1.84 bits per heavy atom. The number of methoxy groups -OCH3 is 1. The van der Waals surface area contributed by atoms with Crippen molar-refractivity contribution in [3.05, 3.63) is 48.0 Å². The number of para-hydroxylation sites is 1. The van der Waals surface area contributed by atoms with Crippen LogP contribution < -0.4 is 0 Å². The van der Waals surface area contributed by atoms with E-state index in [2.05, 4.69) is 4.98 Å². The van der Waals surface area contributed by atoms with Crippen molar-refractivity contribution in [2.75, 3.05) is 7.11 Å². The van der Waals surface area contributed by atoms with Crippen molar-refractivity contribution in [2.45, 2.75) is 0 Å². The summed E-state index contributed by atoms with van der Waals surface area (Å²) in [7, 11) is 1.35. The zero-order valence-electron chi connectivity index (χ0n) is 10.3. The topological polar surface area (TPSA) is 59.4 Å². The number of hydrogen-bond donors (Lipinski definition) is 1. The molecule has 0 aliphatic heterocycles. The van der Waals surface area contributed by atoms with Crippen molar-refractivity contribution in [1.29, 1.82) is 0 Å². The van der Waals surface area contributed by atoms with E-state index in [4.69, 9.17) is 4.74 Å². The maximum Gasteiger partial charge on any atom is 0.339 e. The van der Waals surface area contributed by atoms with Gasteiger partial charge in [-0.15, -0.1) is 0 Å². The summed E-state index contributed by atoms with van der Waals surface area (Å²) >= 11 is 0. The second kappa shape index (κ2) is 4.24. The van der Waals surface area contributed by atoms with Gasteiger partial charge in [0.15, 0.2) is 0 Å². The van der Waals surface area contributed by atoms with Gasteiger partial charge >= 0.3 is 5.97 Å². The van der Waals surface area contributed by atoms with E-state index in [0.29, 0.717) is 22.0 Å². The number of fused-ring (bicyclic) bond motifs is 2. The van der Waals surface area contributed by atoms with Gasteiger partial charge in [0.05, 0.1) is 23.7 Å². The largest absolute Gasteiger partial charge is 0.508 e.